The number of nitrogens with zero attached hydrogens (tertiary/aromatic N) is 2. The molecule has 3 heterocycles. The Hall–Kier alpha value is -2.61. The van der Waals surface area contributed by atoms with E-state index in [4.69, 9.17) is 4.74 Å². The number of urea groups is 1. The van der Waals surface area contributed by atoms with Crippen LogP contribution in [0.5, 0.6) is 5.75 Å². The van der Waals surface area contributed by atoms with E-state index < -0.39 is 5.82 Å². The molecule has 6 nitrogen and oxygen atoms in total. The third-order valence-electron chi connectivity index (χ3n) is 4.41. The number of hydrogen-bond acceptors (Lipinski definition) is 4. The van der Waals surface area contributed by atoms with Gasteiger partial charge in [-0.15, -0.1) is 11.3 Å². The fourth-order valence-electron chi connectivity index (χ4n) is 3.06. The number of carbonyl (C=O) groups is 1. The molecule has 1 fully saturated rings. The highest BCUT2D eigenvalue weighted by atomic mass is 32.1. The zero-order chi connectivity index (χ0) is 17.9. The number of likely N-dealkylation sites (tertiary alicyclic amines) is 1. The Bertz CT molecular complexity index is 903. The predicted molar refractivity (Wildman–Crippen MR) is 97.7 cm³/mol. The van der Waals surface area contributed by atoms with Crippen LogP contribution in [0, 0.1) is 5.82 Å². The maximum atomic E-state index is 14.2. The van der Waals surface area contributed by atoms with Crippen LogP contribution in [-0.2, 0) is 13.2 Å². The first-order valence-electron chi connectivity index (χ1n) is 8.53. The number of aromatic nitrogens is 2. The Balaban J connectivity index is 1.43. The molecule has 3 aromatic rings. The molecule has 1 saturated heterocycles. The number of halogens is 1. The zero-order valence-corrected chi connectivity index (χ0v) is 14.9. The van der Waals surface area contributed by atoms with Crippen LogP contribution in [0.15, 0.2) is 29.1 Å². The number of rotatable bonds is 5. The van der Waals surface area contributed by atoms with Gasteiger partial charge in [0.05, 0.1) is 17.7 Å². The van der Waals surface area contributed by atoms with Crippen LogP contribution in [0.1, 0.15) is 24.2 Å². The van der Waals surface area contributed by atoms with E-state index in [1.54, 1.807) is 11.6 Å². The Morgan fingerprint density at radius 3 is 2.96 bits per heavy atom. The highest BCUT2D eigenvalue weighted by Gasteiger charge is 2.17. The normalized spacial score (nSPS) is 14.1. The smallest absolute Gasteiger partial charge is 0.317 e. The molecule has 136 valence electrons. The molecule has 1 aromatic carbocycles. The van der Waals surface area contributed by atoms with Gasteiger partial charge >= 0.3 is 6.03 Å². The van der Waals surface area contributed by atoms with E-state index in [0.29, 0.717) is 6.54 Å². The van der Waals surface area contributed by atoms with Crippen LogP contribution in [0.2, 0.25) is 0 Å². The lowest BCUT2D eigenvalue weighted by Gasteiger charge is -2.15. The number of H-pyrrole nitrogens is 1. The van der Waals surface area contributed by atoms with Crippen LogP contribution in [0.3, 0.4) is 0 Å². The molecule has 2 aromatic heterocycles. The topological polar surface area (TPSA) is 70.2 Å². The minimum atomic E-state index is -0.417. The van der Waals surface area contributed by atoms with Gasteiger partial charge in [0, 0.05) is 41.1 Å². The number of aromatic amines is 1. The SMILES string of the molecule is O=C(NCc1cc2cc(F)c(OCc3cscn3)cc2[nH]1)N1CCCC1. The first-order valence-corrected chi connectivity index (χ1v) is 9.47. The minimum Gasteiger partial charge on any atom is -0.484 e. The summed E-state index contributed by atoms with van der Waals surface area (Å²) in [6.07, 6.45) is 2.12. The molecule has 0 bridgehead atoms. The van der Waals surface area contributed by atoms with Gasteiger partial charge in [-0.05, 0) is 25.0 Å². The van der Waals surface area contributed by atoms with Gasteiger partial charge in [-0.3, -0.25) is 0 Å². The average Bonchev–Trinajstić information content (AvgIpc) is 3.38. The van der Waals surface area contributed by atoms with Crippen LogP contribution in [0.4, 0.5) is 9.18 Å². The number of amides is 2. The second kappa shape index (κ2) is 7.33. The van der Waals surface area contributed by atoms with Gasteiger partial charge in [0.15, 0.2) is 11.6 Å². The fourth-order valence-corrected chi connectivity index (χ4v) is 3.61. The van der Waals surface area contributed by atoms with E-state index in [2.05, 4.69) is 15.3 Å². The van der Waals surface area contributed by atoms with Gasteiger partial charge in [-0.25, -0.2) is 14.2 Å². The lowest BCUT2D eigenvalue weighted by Crippen LogP contribution is -2.37. The molecule has 4 rings (SSSR count). The molecule has 26 heavy (non-hydrogen) atoms. The van der Waals surface area contributed by atoms with Crippen molar-refractivity contribution >= 4 is 28.3 Å². The second-order valence-electron chi connectivity index (χ2n) is 6.29. The predicted octanol–water partition coefficient (Wildman–Crippen LogP) is 3.65. The van der Waals surface area contributed by atoms with Crippen molar-refractivity contribution in [3.63, 3.8) is 0 Å². The summed E-state index contributed by atoms with van der Waals surface area (Å²) in [4.78, 5) is 21.2. The van der Waals surface area contributed by atoms with Crippen LogP contribution in [0.25, 0.3) is 10.9 Å². The number of fused-ring (bicyclic) bond motifs is 1. The lowest BCUT2D eigenvalue weighted by molar-refractivity contribution is 0.208. The quantitative estimate of drug-likeness (QED) is 0.716. The zero-order valence-electron chi connectivity index (χ0n) is 14.1. The van der Waals surface area contributed by atoms with Crippen LogP contribution < -0.4 is 10.1 Å². The number of carbonyl (C=O) groups excluding carboxylic acids is 1. The van der Waals surface area contributed by atoms with Gasteiger partial charge in [-0.1, -0.05) is 0 Å². The standard InChI is InChI=1S/C18H19FN4O2S/c19-15-6-12-5-13(8-20-18(24)23-3-1-2-4-23)22-16(12)7-17(15)25-9-14-10-26-11-21-14/h5-7,10-11,22H,1-4,8-9H2,(H,20,24). The molecule has 2 amide bonds. The van der Waals surface area contributed by atoms with Gasteiger partial charge < -0.3 is 19.9 Å². The van der Waals surface area contributed by atoms with E-state index in [9.17, 15) is 9.18 Å². The maximum Gasteiger partial charge on any atom is 0.317 e. The summed E-state index contributed by atoms with van der Waals surface area (Å²) in [5.41, 5.74) is 4.08. The molecule has 0 atom stereocenters. The molecule has 1 aliphatic rings. The number of benzene rings is 1. The Kier molecular flexibility index (Phi) is 4.75. The van der Waals surface area contributed by atoms with Crippen molar-refractivity contribution in [2.75, 3.05) is 13.1 Å². The Morgan fingerprint density at radius 2 is 2.19 bits per heavy atom. The minimum absolute atomic E-state index is 0.0559. The second-order valence-corrected chi connectivity index (χ2v) is 7.00. The Morgan fingerprint density at radius 1 is 1.35 bits per heavy atom. The van der Waals surface area contributed by atoms with E-state index in [0.717, 1.165) is 48.2 Å². The summed E-state index contributed by atoms with van der Waals surface area (Å²) in [7, 11) is 0. The van der Waals surface area contributed by atoms with Gasteiger partial charge in [-0.2, -0.15) is 0 Å². The number of thiazole rings is 1. The summed E-state index contributed by atoms with van der Waals surface area (Å²) in [6.45, 7) is 2.22. The third-order valence-corrected chi connectivity index (χ3v) is 5.05. The molecule has 8 heteroatoms. The average molecular weight is 374 g/mol. The molecular formula is C18H19FN4O2S. The molecule has 0 unspecified atom stereocenters. The van der Waals surface area contributed by atoms with Gasteiger partial charge in [0.1, 0.15) is 6.61 Å². The summed E-state index contributed by atoms with van der Waals surface area (Å²) in [5.74, 6) is -0.237. The summed E-state index contributed by atoms with van der Waals surface area (Å²) in [5, 5.41) is 5.51. The van der Waals surface area contributed by atoms with Crippen molar-refractivity contribution < 1.29 is 13.9 Å². The van der Waals surface area contributed by atoms with E-state index in [1.807, 2.05) is 16.3 Å². The molecule has 0 saturated carbocycles. The van der Waals surface area contributed by atoms with E-state index in [1.165, 1.54) is 17.4 Å². The van der Waals surface area contributed by atoms with Crippen molar-refractivity contribution in [2.24, 2.45) is 0 Å². The molecule has 2 N–H and O–H groups in total. The van der Waals surface area contributed by atoms with Crippen LogP contribution >= 0.6 is 11.3 Å². The van der Waals surface area contributed by atoms with Crippen LogP contribution in [-0.4, -0.2) is 34.0 Å². The van der Waals surface area contributed by atoms with Gasteiger partial charge in [0.2, 0.25) is 0 Å². The van der Waals surface area contributed by atoms with E-state index >= 15 is 0 Å². The lowest BCUT2D eigenvalue weighted by atomic mass is 10.2. The maximum absolute atomic E-state index is 14.2. The summed E-state index contributed by atoms with van der Waals surface area (Å²) in [6, 6.07) is 4.86. The first-order chi connectivity index (χ1) is 12.7. The Labute approximate surface area is 154 Å². The number of nitrogens with one attached hydrogen (secondary N) is 2. The molecule has 1 aliphatic heterocycles. The first kappa shape index (κ1) is 16.8. The number of ether oxygens (including phenoxy) is 1. The van der Waals surface area contributed by atoms with Crippen molar-refractivity contribution in [2.45, 2.75) is 26.0 Å². The van der Waals surface area contributed by atoms with E-state index in [-0.39, 0.29) is 18.4 Å². The fraction of sp³-hybridized carbons (Fsp3) is 0.333. The van der Waals surface area contributed by atoms with Gasteiger partial charge in [0.25, 0.3) is 0 Å². The summed E-state index contributed by atoms with van der Waals surface area (Å²) < 4.78 is 19.8. The number of hydrogen-bond donors (Lipinski definition) is 2. The molecule has 0 spiro atoms. The highest BCUT2D eigenvalue weighted by Crippen LogP contribution is 2.26. The summed E-state index contributed by atoms with van der Waals surface area (Å²) >= 11 is 1.47. The van der Waals surface area contributed by atoms with Crippen molar-refractivity contribution in [1.29, 1.82) is 0 Å². The molecular weight excluding hydrogens is 355 g/mol. The highest BCUT2D eigenvalue weighted by molar-refractivity contribution is 7.07. The largest absolute Gasteiger partial charge is 0.484 e. The van der Waals surface area contributed by atoms with Crippen molar-refractivity contribution in [1.82, 2.24) is 20.2 Å². The molecule has 0 radical (unpaired) electrons. The molecule has 0 aliphatic carbocycles. The van der Waals surface area contributed by atoms with Crippen molar-refractivity contribution in [3.8, 4) is 5.75 Å². The van der Waals surface area contributed by atoms with Crippen molar-refractivity contribution in [3.05, 3.63) is 46.3 Å². The third kappa shape index (κ3) is 3.65. The monoisotopic (exact) mass is 374 g/mol.